The van der Waals surface area contributed by atoms with E-state index >= 15 is 0 Å². The zero-order valence-electron chi connectivity index (χ0n) is 9.95. The van der Waals surface area contributed by atoms with E-state index in [1.807, 2.05) is 6.92 Å². The molecule has 0 fully saturated rings. The first kappa shape index (κ1) is 11.8. The summed E-state index contributed by atoms with van der Waals surface area (Å²) in [6, 6.07) is -0.659. The summed E-state index contributed by atoms with van der Waals surface area (Å²) in [4.78, 5) is 27.0. The highest BCUT2D eigenvalue weighted by Crippen LogP contribution is 2.39. The number of urea groups is 1. The van der Waals surface area contributed by atoms with E-state index in [0.29, 0.717) is 6.42 Å². The summed E-state index contributed by atoms with van der Waals surface area (Å²) >= 11 is 0. The predicted molar refractivity (Wildman–Crippen MR) is 64.4 cm³/mol. The van der Waals surface area contributed by atoms with Gasteiger partial charge in [-0.2, -0.15) is 4.99 Å². The van der Waals surface area contributed by atoms with Gasteiger partial charge in [-0.05, 0) is 32.1 Å². The molecule has 17 heavy (non-hydrogen) atoms. The molecule has 0 aromatic heterocycles. The third-order valence-corrected chi connectivity index (χ3v) is 3.64. The predicted octanol–water partition coefficient (Wildman–Crippen LogP) is 1.49. The van der Waals surface area contributed by atoms with Crippen LogP contribution in [0.2, 0.25) is 0 Å². The minimum Gasteiger partial charge on any atom is -0.386 e. The van der Waals surface area contributed by atoms with Crippen LogP contribution in [0.4, 0.5) is 4.79 Å². The highest BCUT2D eigenvalue weighted by Gasteiger charge is 2.47. The molecule has 5 heteroatoms. The first-order valence-corrected chi connectivity index (χ1v) is 6.01. The van der Waals surface area contributed by atoms with E-state index in [0.717, 1.165) is 31.3 Å². The van der Waals surface area contributed by atoms with Crippen molar-refractivity contribution < 1.29 is 9.59 Å². The summed E-state index contributed by atoms with van der Waals surface area (Å²) < 4.78 is 0. The lowest BCUT2D eigenvalue weighted by Crippen LogP contribution is -2.56. The molecule has 1 atom stereocenters. The lowest BCUT2D eigenvalue weighted by Gasteiger charge is -2.36. The van der Waals surface area contributed by atoms with Crippen LogP contribution in [0.5, 0.6) is 0 Å². The number of amidine groups is 1. The van der Waals surface area contributed by atoms with Crippen LogP contribution in [0.3, 0.4) is 0 Å². The lowest BCUT2D eigenvalue weighted by molar-refractivity contribution is -0.125. The van der Waals surface area contributed by atoms with Crippen LogP contribution < -0.4 is 11.1 Å². The minimum atomic E-state index is -0.895. The Hall–Kier alpha value is -1.65. The van der Waals surface area contributed by atoms with Gasteiger partial charge in [0.15, 0.2) is 0 Å². The average molecular weight is 235 g/mol. The number of nitrogens with two attached hydrogens (primary N) is 1. The molecule has 0 saturated carbocycles. The van der Waals surface area contributed by atoms with E-state index < -0.39 is 11.4 Å². The van der Waals surface area contributed by atoms with Crippen LogP contribution in [0, 0.1) is 5.41 Å². The maximum absolute atomic E-state index is 12.1. The topological polar surface area (TPSA) is 84.5 Å². The Bertz CT molecular complexity index is 425. The second-order valence-corrected chi connectivity index (χ2v) is 4.49. The summed E-state index contributed by atoms with van der Waals surface area (Å²) in [6.07, 6.45) is 6.62. The van der Waals surface area contributed by atoms with Crippen molar-refractivity contribution >= 4 is 17.8 Å². The van der Waals surface area contributed by atoms with Crippen molar-refractivity contribution in [1.29, 1.82) is 0 Å². The number of rotatable bonds is 2. The first-order chi connectivity index (χ1) is 8.11. The molecule has 5 nitrogen and oxygen atoms in total. The Morgan fingerprint density at radius 1 is 1.47 bits per heavy atom. The molecule has 0 bridgehead atoms. The summed E-state index contributed by atoms with van der Waals surface area (Å²) in [7, 11) is 0. The van der Waals surface area contributed by atoms with Gasteiger partial charge in [0, 0.05) is 0 Å². The Kier molecular flexibility index (Phi) is 3.00. The molecule has 3 amide bonds. The van der Waals surface area contributed by atoms with E-state index in [2.05, 4.69) is 16.4 Å². The van der Waals surface area contributed by atoms with Crippen molar-refractivity contribution in [2.75, 3.05) is 0 Å². The van der Waals surface area contributed by atoms with E-state index in [-0.39, 0.29) is 11.7 Å². The van der Waals surface area contributed by atoms with Gasteiger partial charge < -0.3 is 5.73 Å². The molecular formula is C12H17N3O2. The van der Waals surface area contributed by atoms with Crippen molar-refractivity contribution in [2.24, 2.45) is 16.1 Å². The van der Waals surface area contributed by atoms with Crippen LogP contribution in [-0.4, -0.2) is 17.8 Å². The highest BCUT2D eigenvalue weighted by molar-refractivity contribution is 6.20. The molecule has 1 aliphatic carbocycles. The Balaban J connectivity index is 2.48. The second kappa shape index (κ2) is 4.31. The van der Waals surface area contributed by atoms with Gasteiger partial charge in [-0.1, -0.05) is 18.6 Å². The number of hydrogen-bond donors (Lipinski definition) is 2. The number of carbonyl (C=O) groups is 2. The smallest absolute Gasteiger partial charge is 0.349 e. The monoisotopic (exact) mass is 235 g/mol. The number of imide groups is 1. The first-order valence-electron chi connectivity index (χ1n) is 6.01. The van der Waals surface area contributed by atoms with Gasteiger partial charge in [0.1, 0.15) is 11.3 Å². The molecule has 3 N–H and O–H groups in total. The molecule has 2 aliphatic rings. The molecule has 0 radical (unpaired) electrons. The van der Waals surface area contributed by atoms with Gasteiger partial charge in [0.05, 0.1) is 0 Å². The van der Waals surface area contributed by atoms with Gasteiger partial charge in [0.2, 0.25) is 5.91 Å². The summed E-state index contributed by atoms with van der Waals surface area (Å²) in [6.45, 7) is 1.90. The molecule has 1 heterocycles. The highest BCUT2D eigenvalue weighted by atomic mass is 16.2. The van der Waals surface area contributed by atoms with Crippen LogP contribution in [0.25, 0.3) is 0 Å². The molecule has 0 spiro atoms. The zero-order chi connectivity index (χ0) is 12.5. The molecule has 0 unspecified atom stereocenters. The number of hydrogen-bond acceptors (Lipinski definition) is 3. The zero-order valence-corrected chi connectivity index (χ0v) is 9.95. The minimum absolute atomic E-state index is 0.141. The van der Waals surface area contributed by atoms with Crippen molar-refractivity contribution in [3.8, 4) is 0 Å². The SMILES string of the molecule is CC[C@@]1(C2=CCCCC2)C(=O)NC(=O)N=C1N. The van der Waals surface area contributed by atoms with Gasteiger partial charge in [0.25, 0.3) is 0 Å². The van der Waals surface area contributed by atoms with E-state index in [1.165, 1.54) is 0 Å². The fourth-order valence-corrected chi connectivity index (χ4v) is 2.66. The van der Waals surface area contributed by atoms with Gasteiger partial charge in [-0.25, -0.2) is 4.79 Å². The normalized spacial score (nSPS) is 29.5. The third kappa shape index (κ3) is 1.75. The van der Waals surface area contributed by atoms with E-state index in [9.17, 15) is 9.59 Å². The molecule has 0 saturated heterocycles. The summed E-state index contributed by atoms with van der Waals surface area (Å²) in [5.41, 5.74) is 5.98. The van der Waals surface area contributed by atoms with Crippen LogP contribution in [-0.2, 0) is 4.79 Å². The van der Waals surface area contributed by atoms with Gasteiger partial charge >= 0.3 is 6.03 Å². The number of allylic oxidation sites excluding steroid dienone is 1. The largest absolute Gasteiger partial charge is 0.386 e. The molecular weight excluding hydrogens is 218 g/mol. The Labute approximate surface area is 100 Å². The molecule has 0 aromatic carbocycles. The molecule has 1 aliphatic heterocycles. The Morgan fingerprint density at radius 2 is 2.24 bits per heavy atom. The molecule has 0 aromatic rings. The van der Waals surface area contributed by atoms with Crippen LogP contribution in [0.1, 0.15) is 39.0 Å². The third-order valence-electron chi connectivity index (χ3n) is 3.64. The molecule has 2 rings (SSSR count). The maximum atomic E-state index is 12.1. The average Bonchev–Trinajstić information content (AvgIpc) is 2.30. The number of aliphatic imine (C=N–C) groups is 1. The van der Waals surface area contributed by atoms with Crippen LogP contribution in [0.15, 0.2) is 16.6 Å². The standard InChI is InChI=1S/C12H17N3O2/c1-2-12(8-6-4-3-5-7-8)9(13)14-11(17)15-10(12)16/h6H,2-5,7H2,1H3,(H3,13,14,15,16,17)/t12-/m0/s1. The number of amides is 3. The van der Waals surface area contributed by atoms with Gasteiger partial charge in [-0.3, -0.25) is 10.1 Å². The lowest BCUT2D eigenvalue weighted by atomic mass is 9.71. The fourth-order valence-electron chi connectivity index (χ4n) is 2.66. The van der Waals surface area contributed by atoms with Crippen molar-refractivity contribution in [2.45, 2.75) is 39.0 Å². The van der Waals surface area contributed by atoms with Crippen molar-refractivity contribution in [3.63, 3.8) is 0 Å². The maximum Gasteiger partial charge on any atom is 0.349 e. The van der Waals surface area contributed by atoms with Crippen molar-refractivity contribution in [1.82, 2.24) is 5.32 Å². The number of nitrogens with one attached hydrogen (secondary N) is 1. The van der Waals surface area contributed by atoms with E-state index in [1.54, 1.807) is 0 Å². The van der Waals surface area contributed by atoms with Gasteiger partial charge in [-0.15, -0.1) is 0 Å². The Morgan fingerprint density at radius 3 is 2.76 bits per heavy atom. The van der Waals surface area contributed by atoms with Crippen LogP contribution >= 0.6 is 0 Å². The number of carbonyl (C=O) groups excluding carboxylic acids is 2. The summed E-state index contributed by atoms with van der Waals surface area (Å²) in [5, 5.41) is 2.26. The van der Waals surface area contributed by atoms with E-state index in [4.69, 9.17) is 5.73 Å². The number of nitrogens with zero attached hydrogens (tertiary/aromatic N) is 1. The van der Waals surface area contributed by atoms with Crippen molar-refractivity contribution in [3.05, 3.63) is 11.6 Å². The fraction of sp³-hybridized carbons (Fsp3) is 0.583. The quantitative estimate of drug-likeness (QED) is 0.711. The summed E-state index contributed by atoms with van der Waals surface area (Å²) in [5.74, 6) is -0.187. The molecule has 92 valence electrons. The second-order valence-electron chi connectivity index (χ2n) is 4.49.